The summed E-state index contributed by atoms with van der Waals surface area (Å²) in [7, 11) is 3.61. The van der Waals surface area contributed by atoms with Crippen LogP contribution in [0.15, 0.2) is 42.5 Å². The number of aromatic amines is 1. The van der Waals surface area contributed by atoms with Gasteiger partial charge >= 0.3 is 0 Å². The van der Waals surface area contributed by atoms with Crippen molar-refractivity contribution in [3.8, 4) is 0 Å². The number of halogens is 2. The highest BCUT2D eigenvalue weighted by molar-refractivity contribution is 5.83. The molecule has 27 heavy (non-hydrogen) atoms. The number of nitrogens with one attached hydrogen (secondary N) is 2. The zero-order valence-electron chi connectivity index (χ0n) is 15.3. The zero-order valence-corrected chi connectivity index (χ0v) is 15.3. The molecule has 5 nitrogen and oxygen atoms in total. The number of carbonyl (C=O) groups is 1. The Morgan fingerprint density at radius 3 is 2.56 bits per heavy atom. The Labute approximate surface area is 156 Å². The van der Waals surface area contributed by atoms with Crippen molar-refractivity contribution in [3.05, 3.63) is 65.5 Å². The van der Waals surface area contributed by atoms with E-state index in [9.17, 15) is 13.6 Å². The smallest absolute Gasteiger partial charge is 0.241 e. The number of H-pyrrole nitrogens is 1. The van der Waals surface area contributed by atoms with Crippen molar-refractivity contribution in [3.63, 3.8) is 0 Å². The normalized spacial score (nSPS) is 12.5. The number of imidazole rings is 1. The summed E-state index contributed by atoms with van der Waals surface area (Å²) in [5, 5.41) is 2.91. The van der Waals surface area contributed by atoms with Gasteiger partial charge in [-0.2, -0.15) is 0 Å². The lowest BCUT2D eigenvalue weighted by atomic mass is 10.1. The van der Waals surface area contributed by atoms with E-state index < -0.39 is 6.04 Å². The Morgan fingerprint density at radius 1 is 1.15 bits per heavy atom. The van der Waals surface area contributed by atoms with Crippen molar-refractivity contribution in [2.45, 2.75) is 18.9 Å². The third-order valence-corrected chi connectivity index (χ3v) is 4.33. The Bertz CT molecular complexity index is 921. The van der Waals surface area contributed by atoms with Crippen LogP contribution in [0.2, 0.25) is 0 Å². The monoisotopic (exact) mass is 372 g/mol. The maximum atomic E-state index is 13.2. The predicted octanol–water partition coefficient (Wildman–Crippen LogP) is 3.19. The first-order valence-electron chi connectivity index (χ1n) is 8.78. The predicted molar refractivity (Wildman–Crippen MR) is 100 cm³/mol. The number of aryl methyl sites for hydroxylation is 1. The molecule has 2 aromatic carbocycles. The lowest BCUT2D eigenvalue weighted by molar-refractivity contribution is -0.125. The van der Waals surface area contributed by atoms with Gasteiger partial charge in [-0.25, -0.2) is 13.8 Å². The summed E-state index contributed by atoms with van der Waals surface area (Å²) >= 11 is 0. The molecular weight excluding hydrogens is 350 g/mol. The average Bonchev–Trinajstić information content (AvgIpc) is 3.02. The van der Waals surface area contributed by atoms with Crippen LogP contribution >= 0.6 is 0 Å². The summed E-state index contributed by atoms with van der Waals surface area (Å²) < 4.78 is 26.3. The van der Waals surface area contributed by atoms with Crippen LogP contribution in [0.3, 0.4) is 0 Å². The van der Waals surface area contributed by atoms with E-state index in [1.165, 1.54) is 24.3 Å². The van der Waals surface area contributed by atoms with Crippen LogP contribution in [0.1, 0.15) is 23.9 Å². The minimum atomic E-state index is -0.486. The van der Waals surface area contributed by atoms with Gasteiger partial charge in [-0.05, 0) is 56.4 Å². The molecule has 0 radical (unpaired) electrons. The quantitative estimate of drug-likeness (QED) is 0.626. The van der Waals surface area contributed by atoms with E-state index in [0.29, 0.717) is 24.9 Å². The van der Waals surface area contributed by atoms with E-state index in [2.05, 4.69) is 15.3 Å². The van der Waals surface area contributed by atoms with E-state index in [-0.39, 0.29) is 17.5 Å². The molecular formula is C20H22F2N4O. The number of nitrogens with zero attached hydrogens (tertiary/aromatic N) is 2. The van der Waals surface area contributed by atoms with E-state index in [0.717, 1.165) is 16.9 Å². The van der Waals surface area contributed by atoms with Crippen molar-refractivity contribution in [2.75, 3.05) is 20.6 Å². The van der Waals surface area contributed by atoms with E-state index in [1.54, 1.807) is 37.2 Å². The van der Waals surface area contributed by atoms with Gasteiger partial charge in [-0.1, -0.05) is 12.1 Å². The Hall–Kier alpha value is -2.80. The van der Waals surface area contributed by atoms with Gasteiger partial charge in [-0.3, -0.25) is 9.69 Å². The first-order valence-corrected chi connectivity index (χ1v) is 8.78. The average molecular weight is 372 g/mol. The molecule has 0 fully saturated rings. The highest BCUT2D eigenvalue weighted by Crippen LogP contribution is 2.19. The van der Waals surface area contributed by atoms with Gasteiger partial charge in [0.1, 0.15) is 23.5 Å². The number of hydrogen-bond acceptors (Lipinski definition) is 3. The molecule has 3 rings (SSSR count). The highest BCUT2D eigenvalue weighted by Gasteiger charge is 2.22. The van der Waals surface area contributed by atoms with Crippen LogP contribution in [-0.2, 0) is 11.2 Å². The van der Waals surface area contributed by atoms with Crippen LogP contribution in [0, 0.1) is 11.6 Å². The van der Waals surface area contributed by atoms with Crippen LogP contribution in [0.5, 0.6) is 0 Å². The van der Waals surface area contributed by atoms with Gasteiger partial charge in [0.2, 0.25) is 5.91 Å². The number of likely N-dealkylation sites (N-methyl/N-ethyl adjacent to an activating group) is 1. The van der Waals surface area contributed by atoms with Crippen LogP contribution in [0.4, 0.5) is 8.78 Å². The lowest BCUT2D eigenvalue weighted by Crippen LogP contribution is -2.37. The molecule has 0 spiro atoms. The molecule has 2 N–H and O–H groups in total. The first-order chi connectivity index (χ1) is 12.9. The Balaban J connectivity index is 1.54. The SMILES string of the molecule is CN(C)C(C(=O)NCCCc1nc2ccc(F)cc2[nH]1)c1ccc(F)cc1. The molecule has 0 saturated carbocycles. The summed E-state index contributed by atoms with van der Waals surface area (Å²) in [5.41, 5.74) is 2.12. The maximum absolute atomic E-state index is 13.2. The number of hydrogen-bond donors (Lipinski definition) is 2. The van der Waals surface area contributed by atoms with Crippen LogP contribution < -0.4 is 5.32 Å². The van der Waals surface area contributed by atoms with Gasteiger partial charge in [0.15, 0.2) is 0 Å². The van der Waals surface area contributed by atoms with E-state index in [1.807, 2.05) is 0 Å². The summed E-state index contributed by atoms with van der Waals surface area (Å²) in [6.07, 6.45) is 1.33. The number of benzene rings is 2. The summed E-state index contributed by atoms with van der Waals surface area (Å²) in [5.74, 6) is -0.0197. The zero-order chi connectivity index (χ0) is 19.4. The van der Waals surface area contributed by atoms with E-state index in [4.69, 9.17) is 0 Å². The number of aromatic nitrogens is 2. The fraction of sp³-hybridized carbons (Fsp3) is 0.300. The van der Waals surface area contributed by atoms with Crippen molar-refractivity contribution in [2.24, 2.45) is 0 Å². The third-order valence-electron chi connectivity index (χ3n) is 4.33. The molecule has 0 aliphatic rings. The summed E-state index contributed by atoms with van der Waals surface area (Å²) in [4.78, 5) is 21.8. The fourth-order valence-electron chi connectivity index (χ4n) is 3.05. The van der Waals surface area contributed by atoms with Gasteiger partial charge in [0, 0.05) is 13.0 Å². The number of rotatable bonds is 7. The molecule has 0 aliphatic heterocycles. The molecule has 1 amide bonds. The summed E-state index contributed by atoms with van der Waals surface area (Å²) in [6, 6.07) is 9.88. The minimum Gasteiger partial charge on any atom is -0.354 e. The third kappa shape index (κ3) is 4.68. The molecule has 1 atom stereocenters. The van der Waals surface area contributed by atoms with Crippen LogP contribution in [-0.4, -0.2) is 41.4 Å². The second-order valence-electron chi connectivity index (χ2n) is 6.66. The van der Waals surface area contributed by atoms with Gasteiger partial charge in [-0.15, -0.1) is 0 Å². The van der Waals surface area contributed by atoms with Crippen molar-refractivity contribution >= 4 is 16.9 Å². The van der Waals surface area contributed by atoms with E-state index >= 15 is 0 Å². The molecule has 142 valence electrons. The molecule has 7 heteroatoms. The molecule has 0 aliphatic carbocycles. The second-order valence-corrected chi connectivity index (χ2v) is 6.66. The van der Waals surface area contributed by atoms with Crippen LogP contribution in [0.25, 0.3) is 11.0 Å². The van der Waals surface area contributed by atoms with Crippen molar-refractivity contribution in [1.29, 1.82) is 0 Å². The molecule has 0 saturated heterocycles. The number of carbonyl (C=O) groups excluding carboxylic acids is 1. The summed E-state index contributed by atoms with van der Waals surface area (Å²) in [6.45, 7) is 0.482. The second kappa shape index (κ2) is 8.26. The molecule has 1 unspecified atom stereocenters. The standard InChI is InChI=1S/C20H22F2N4O/c1-26(2)19(13-5-7-14(21)8-6-13)20(27)23-11-3-4-18-24-16-10-9-15(22)12-17(16)25-18/h5-10,12,19H,3-4,11H2,1-2H3,(H,23,27)(H,24,25). The van der Waals surface area contributed by atoms with Gasteiger partial charge in [0.05, 0.1) is 11.0 Å². The van der Waals surface area contributed by atoms with Crippen molar-refractivity contribution in [1.82, 2.24) is 20.2 Å². The largest absolute Gasteiger partial charge is 0.354 e. The van der Waals surface area contributed by atoms with Gasteiger partial charge < -0.3 is 10.3 Å². The Kier molecular flexibility index (Phi) is 5.81. The molecule has 1 heterocycles. The lowest BCUT2D eigenvalue weighted by Gasteiger charge is -2.23. The Morgan fingerprint density at radius 2 is 1.85 bits per heavy atom. The van der Waals surface area contributed by atoms with Gasteiger partial charge in [0.25, 0.3) is 0 Å². The minimum absolute atomic E-state index is 0.140. The topological polar surface area (TPSA) is 61.0 Å². The van der Waals surface area contributed by atoms with Crippen molar-refractivity contribution < 1.29 is 13.6 Å². The first kappa shape index (κ1) is 19.0. The molecule has 0 bridgehead atoms. The maximum Gasteiger partial charge on any atom is 0.241 e. The highest BCUT2D eigenvalue weighted by atomic mass is 19.1. The fourth-order valence-corrected chi connectivity index (χ4v) is 3.05. The number of amides is 1. The molecule has 3 aromatic rings. The number of fused-ring (bicyclic) bond motifs is 1. The molecule has 1 aromatic heterocycles.